The molecule has 2 aromatic heterocycles. The molecule has 1 aliphatic heterocycles. The molecule has 1 fully saturated rings. The summed E-state index contributed by atoms with van der Waals surface area (Å²) in [5, 5.41) is 4.21. The lowest BCUT2D eigenvalue weighted by Crippen LogP contribution is -2.49. The largest absolute Gasteiger partial charge is 0.340 e. The zero-order valence-corrected chi connectivity index (χ0v) is 13.8. The van der Waals surface area contributed by atoms with Gasteiger partial charge in [0.15, 0.2) is 0 Å². The highest BCUT2D eigenvalue weighted by Crippen LogP contribution is 2.24. The van der Waals surface area contributed by atoms with E-state index in [4.69, 9.17) is 0 Å². The summed E-state index contributed by atoms with van der Waals surface area (Å²) >= 11 is 0. The Labute approximate surface area is 129 Å². The number of nitrogens with one attached hydrogen (secondary N) is 1. The van der Waals surface area contributed by atoms with Gasteiger partial charge in [0.05, 0.1) is 11.4 Å². The number of sulfonamides is 1. The van der Waals surface area contributed by atoms with Crippen LogP contribution in [-0.4, -0.2) is 58.7 Å². The maximum atomic E-state index is 12.9. The molecule has 2 aromatic rings. The first-order valence-electron chi connectivity index (χ1n) is 7.16. The first-order valence-corrected chi connectivity index (χ1v) is 8.60. The maximum Gasteiger partial charge on any atom is 0.246 e. The molecule has 8 nitrogen and oxygen atoms in total. The van der Waals surface area contributed by atoms with Crippen LogP contribution in [0, 0.1) is 13.8 Å². The van der Waals surface area contributed by atoms with E-state index in [0.29, 0.717) is 42.5 Å². The number of imidazole rings is 1. The Morgan fingerprint density at radius 1 is 1.18 bits per heavy atom. The van der Waals surface area contributed by atoms with Crippen molar-refractivity contribution in [2.45, 2.75) is 18.7 Å². The summed E-state index contributed by atoms with van der Waals surface area (Å²) in [6.45, 7) is 5.63. The minimum atomic E-state index is -3.50. The molecule has 0 aromatic carbocycles. The van der Waals surface area contributed by atoms with Crippen molar-refractivity contribution in [1.82, 2.24) is 24.1 Å². The first-order chi connectivity index (χ1) is 10.4. The molecule has 0 spiro atoms. The zero-order valence-electron chi connectivity index (χ0n) is 12.9. The smallest absolute Gasteiger partial charge is 0.246 e. The number of hydrogen-bond acceptors (Lipinski definition) is 5. The van der Waals surface area contributed by atoms with Gasteiger partial charge in [-0.25, -0.2) is 13.4 Å². The molecular weight excluding hydrogens is 304 g/mol. The van der Waals surface area contributed by atoms with Gasteiger partial charge in [0.25, 0.3) is 0 Å². The molecule has 0 radical (unpaired) electrons. The lowest BCUT2D eigenvalue weighted by atomic mass is 10.4. The van der Waals surface area contributed by atoms with Gasteiger partial charge < -0.3 is 9.88 Å². The SMILES string of the molecule is Cc1nn(C)c(C)c1S(=O)(=O)N1CCN(c2ncc[nH]2)CC1. The summed E-state index contributed by atoms with van der Waals surface area (Å²) in [4.78, 5) is 9.64. The molecule has 0 amide bonds. The number of aromatic amines is 1. The summed E-state index contributed by atoms with van der Waals surface area (Å²) in [7, 11) is -1.74. The number of H-pyrrole nitrogens is 1. The molecule has 1 saturated heterocycles. The highest BCUT2D eigenvalue weighted by atomic mass is 32.2. The van der Waals surface area contributed by atoms with Gasteiger partial charge in [0.2, 0.25) is 16.0 Å². The van der Waals surface area contributed by atoms with Crippen LogP contribution in [0.1, 0.15) is 11.4 Å². The number of aromatic nitrogens is 4. The van der Waals surface area contributed by atoms with E-state index >= 15 is 0 Å². The van der Waals surface area contributed by atoms with Crippen LogP contribution in [-0.2, 0) is 17.1 Å². The van der Waals surface area contributed by atoms with Gasteiger partial charge in [0.1, 0.15) is 4.90 Å². The third-order valence-electron chi connectivity index (χ3n) is 4.06. The van der Waals surface area contributed by atoms with Gasteiger partial charge in [-0.1, -0.05) is 0 Å². The fourth-order valence-corrected chi connectivity index (χ4v) is 4.65. The molecule has 0 bridgehead atoms. The van der Waals surface area contributed by atoms with Crippen molar-refractivity contribution in [3.05, 3.63) is 23.8 Å². The molecule has 0 unspecified atom stereocenters. The molecule has 0 atom stereocenters. The number of piperazine rings is 1. The van der Waals surface area contributed by atoms with Gasteiger partial charge in [-0.15, -0.1) is 0 Å². The number of aryl methyl sites for hydroxylation is 2. The summed E-state index contributed by atoms with van der Waals surface area (Å²) in [6.07, 6.45) is 3.46. The molecule has 1 N–H and O–H groups in total. The second-order valence-electron chi connectivity index (χ2n) is 5.43. The zero-order chi connectivity index (χ0) is 15.9. The third kappa shape index (κ3) is 2.40. The van der Waals surface area contributed by atoms with E-state index in [9.17, 15) is 8.42 Å². The standard InChI is InChI=1S/C13H20N6O2S/c1-10-12(11(2)17(3)16-10)22(20,21)19-8-6-18(7-9-19)13-14-4-5-15-13/h4-5H,6-9H2,1-3H3,(H,14,15). The van der Waals surface area contributed by atoms with E-state index in [1.54, 1.807) is 38.0 Å². The Balaban J connectivity index is 1.80. The lowest BCUT2D eigenvalue weighted by molar-refractivity contribution is 0.382. The first kappa shape index (κ1) is 15.0. The number of nitrogens with zero attached hydrogens (tertiary/aromatic N) is 5. The molecule has 0 aliphatic carbocycles. The predicted octanol–water partition coefficient (Wildman–Crippen LogP) is 0.271. The molecular formula is C13H20N6O2S. The Hall–Kier alpha value is -1.87. The molecule has 120 valence electrons. The van der Waals surface area contributed by atoms with Crippen LogP contribution in [0.4, 0.5) is 5.95 Å². The van der Waals surface area contributed by atoms with Crippen molar-refractivity contribution >= 4 is 16.0 Å². The van der Waals surface area contributed by atoms with Gasteiger partial charge in [-0.05, 0) is 13.8 Å². The van der Waals surface area contributed by atoms with Crippen LogP contribution in [0.15, 0.2) is 17.3 Å². The summed E-state index contributed by atoms with van der Waals surface area (Å²) in [5.74, 6) is 0.783. The average molecular weight is 324 g/mol. The average Bonchev–Trinajstić information content (AvgIpc) is 3.08. The highest BCUT2D eigenvalue weighted by molar-refractivity contribution is 7.89. The van der Waals surface area contributed by atoms with Crippen LogP contribution < -0.4 is 4.90 Å². The fourth-order valence-electron chi connectivity index (χ4n) is 2.83. The Kier molecular flexibility index (Phi) is 3.69. The quantitative estimate of drug-likeness (QED) is 0.876. The van der Waals surface area contributed by atoms with Gasteiger partial charge >= 0.3 is 0 Å². The van der Waals surface area contributed by atoms with E-state index in [-0.39, 0.29) is 0 Å². The van der Waals surface area contributed by atoms with Crippen molar-refractivity contribution in [2.75, 3.05) is 31.1 Å². The molecule has 22 heavy (non-hydrogen) atoms. The van der Waals surface area contributed by atoms with Crippen molar-refractivity contribution in [3.8, 4) is 0 Å². The normalized spacial score (nSPS) is 17.1. The summed E-state index contributed by atoms with van der Waals surface area (Å²) in [6, 6.07) is 0. The van der Waals surface area contributed by atoms with E-state index < -0.39 is 10.0 Å². The predicted molar refractivity (Wildman–Crippen MR) is 82.2 cm³/mol. The fraction of sp³-hybridized carbons (Fsp3) is 0.538. The van der Waals surface area contributed by atoms with E-state index in [2.05, 4.69) is 20.0 Å². The molecule has 1 aliphatic rings. The van der Waals surface area contributed by atoms with Crippen molar-refractivity contribution in [2.24, 2.45) is 7.05 Å². The number of hydrogen-bond donors (Lipinski definition) is 1. The van der Waals surface area contributed by atoms with Crippen LogP contribution in [0.5, 0.6) is 0 Å². The summed E-state index contributed by atoms with van der Waals surface area (Å²) in [5.41, 5.74) is 1.22. The number of anilines is 1. The van der Waals surface area contributed by atoms with Gasteiger partial charge in [-0.3, -0.25) is 4.68 Å². The van der Waals surface area contributed by atoms with Crippen LogP contribution >= 0.6 is 0 Å². The molecule has 0 saturated carbocycles. The molecule has 9 heteroatoms. The Bertz CT molecular complexity index is 757. The maximum absolute atomic E-state index is 12.9. The van der Waals surface area contributed by atoms with Gasteiger partial charge in [-0.2, -0.15) is 9.40 Å². The monoisotopic (exact) mass is 324 g/mol. The third-order valence-corrected chi connectivity index (χ3v) is 6.21. The van der Waals surface area contributed by atoms with Crippen LogP contribution in [0.2, 0.25) is 0 Å². The highest BCUT2D eigenvalue weighted by Gasteiger charge is 2.33. The molecule has 3 heterocycles. The second-order valence-corrected chi connectivity index (χ2v) is 7.30. The molecule has 3 rings (SSSR count). The Morgan fingerprint density at radius 2 is 1.86 bits per heavy atom. The second kappa shape index (κ2) is 5.40. The topological polar surface area (TPSA) is 87.1 Å². The van der Waals surface area contributed by atoms with Crippen LogP contribution in [0.25, 0.3) is 0 Å². The van der Waals surface area contributed by atoms with E-state index in [1.807, 2.05) is 0 Å². The van der Waals surface area contributed by atoms with Crippen molar-refractivity contribution in [3.63, 3.8) is 0 Å². The van der Waals surface area contributed by atoms with Crippen molar-refractivity contribution < 1.29 is 8.42 Å². The van der Waals surface area contributed by atoms with Crippen LogP contribution in [0.3, 0.4) is 0 Å². The van der Waals surface area contributed by atoms with E-state index in [0.717, 1.165) is 5.95 Å². The Morgan fingerprint density at radius 3 is 2.36 bits per heavy atom. The minimum absolute atomic E-state index is 0.335. The van der Waals surface area contributed by atoms with Gasteiger partial charge in [0, 0.05) is 45.6 Å². The summed E-state index contributed by atoms with van der Waals surface area (Å²) < 4.78 is 28.9. The van der Waals surface area contributed by atoms with E-state index in [1.165, 1.54) is 4.31 Å². The minimum Gasteiger partial charge on any atom is -0.340 e. The van der Waals surface area contributed by atoms with Crippen molar-refractivity contribution in [1.29, 1.82) is 0 Å². The lowest BCUT2D eigenvalue weighted by Gasteiger charge is -2.33. The number of rotatable bonds is 3.